The standard InChI is InChI=1S/C38H27FN2O3/c1-23-10-9-13-27(22-23)40-35(42)37-32-28-14-5-7-16-30(28)33(31-17-8-6-15-29(31)32)38(37,36(40)43)44-41(26-11-3-2-4-12-26)34(37)24-18-20-25(39)21-19-24/h2-22,32-34H,1H3. The van der Waals surface area contributed by atoms with Crippen LogP contribution in [0.5, 0.6) is 0 Å². The number of hydrogen-bond donors (Lipinski definition) is 0. The van der Waals surface area contributed by atoms with Crippen LogP contribution in [0, 0.1) is 18.2 Å². The van der Waals surface area contributed by atoms with E-state index in [4.69, 9.17) is 4.84 Å². The summed E-state index contributed by atoms with van der Waals surface area (Å²) < 4.78 is 14.4. The average molecular weight is 579 g/mol. The van der Waals surface area contributed by atoms with Gasteiger partial charge >= 0.3 is 0 Å². The number of para-hydroxylation sites is 1. The molecule has 10 rings (SSSR count). The number of hydrogen-bond acceptors (Lipinski definition) is 4. The van der Waals surface area contributed by atoms with Crippen LogP contribution in [0.25, 0.3) is 0 Å². The van der Waals surface area contributed by atoms with Crippen LogP contribution in [0.1, 0.15) is 51.3 Å². The Balaban J connectivity index is 1.43. The Morgan fingerprint density at radius 1 is 0.636 bits per heavy atom. The number of amides is 2. The predicted octanol–water partition coefficient (Wildman–Crippen LogP) is 7.22. The van der Waals surface area contributed by atoms with E-state index in [1.54, 1.807) is 17.2 Å². The first-order valence-corrected chi connectivity index (χ1v) is 14.9. The summed E-state index contributed by atoms with van der Waals surface area (Å²) in [4.78, 5) is 39.5. The smallest absolute Gasteiger partial charge is 0.271 e. The molecule has 2 heterocycles. The maximum Gasteiger partial charge on any atom is 0.271 e. The molecule has 5 aromatic carbocycles. The summed E-state index contributed by atoms with van der Waals surface area (Å²) in [6.07, 6.45) is 0. The number of anilines is 2. The predicted molar refractivity (Wildman–Crippen MR) is 165 cm³/mol. The zero-order valence-corrected chi connectivity index (χ0v) is 23.9. The van der Waals surface area contributed by atoms with Crippen LogP contribution in [0.4, 0.5) is 15.8 Å². The summed E-state index contributed by atoms with van der Waals surface area (Å²) in [5.74, 6) is -2.12. The van der Waals surface area contributed by atoms with Crippen molar-refractivity contribution in [3.63, 3.8) is 0 Å². The highest BCUT2D eigenvalue weighted by atomic mass is 19.1. The fourth-order valence-electron chi connectivity index (χ4n) is 8.68. The first kappa shape index (κ1) is 25.4. The van der Waals surface area contributed by atoms with Crippen LogP contribution in [0.3, 0.4) is 0 Å². The summed E-state index contributed by atoms with van der Waals surface area (Å²) in [7, 11) is 0. The van der Waals surface area contributed by atoms with Crippen molar-refractivity contribution < 1.29 is 18.8 Å². The lowest BCUT2D eigenvalue weighted by Crippen LogP contribution is -2.63. The maximum atomic E-state index is 15.6. The zero-order chi connectivity index (χ0) is 29.8. The third-order valence-corrected chi connectivity index (χ3v) is 10.2. The molecule has 0 aromatic heterocycles. The van der Waals surface area contributed by atoms with Gasteiger partial charge in [0.1, 0.15) is 17.3 Å². The molecule has 0 spiro atoms. The SMILES string of the molecule is Cc1cccc(N2C(=O)C34ON(c5ccccc5)C(c5ccc(F)cc5)C3(C2=O)C2c3ccccc3C4c3ccccc32)c1. The van der Waals surface area contributed by atoms with Crippen LogP contribution < -0.4 is 9.96 Å². The number of imide groups is 1. The number of aryl methyl sites for hydroxylation is 1. The summed E-state index contributed by atoms with van der Waals surface area (Å²) in [5.41, 5.74) is 3.89. The molecule has 3 atom stereocenters. The van der Waals surface area contributed by atoms with Crippen molar-refractivity contribution in [1.29, 1.82) is 0 Å². The molecule has 3 unspecified atom stereocenters. The molecular weight excluding hydrogens is 551 g/mol. The maximum absolute atomic E-state index is 15.6. The lowest BCUT2D eigenvalue weighted by molar-refractivity contribution is -0.153. The Bertz CT molecular complexity index is 1960. The number of nitrogens with zero attached hydrogens (tertiary/aromatic N) is 2. The van der Waals surface area contributed by atoms with Gasteiger partial charge in [-0.3, -0.25) is 14.4 Å². The van der Waals surface area contributed by atoms with Gasteiger partial charge in [0.25, 0.3) is 5.91 Å². The zero-order valence-electron chi connectivity index (χ0n) is 23.9. The number of benzene rings is 5. The van der Waals surface area contributed by atoms with Crippen molar-refractivity contribution in [2.45, 2.75) is 30.4 Å². The van der Waals surface area contributed by atoms with E-state index in [9.17, 15) is 4.39 Å². The molecule has 214 valence electrons. The third kappa shape index (κ3) is 2.87. The Morgan fingerprint density at radius 3 is 1.82 bits per heavy atom. The second-order valence-corrected chi connectivity index (χ2v) is 12.2. The number of hydroxylamine groups is 1. The van der Waals surface area contributed by atoms with Crippen molar-refractivity contribution >= 4 is 23.2 Å². The molecule has 2 saturated heterocycles. The lowest BCUT2D eigenvalue weighted by atomic mass is 9.43. The van der Waals surface area contributed by atoms with Crippen molar-refractivity contribution in [2.75, 3.05) is 9.96 Å². The Kier molecular flexibility index (Phi) is 5.05. The number of halogens is 1. The van der Waals surface area contributed by atoms with E-state index in [1.165, 1.54) is 17.0 Å². The van der Waals surface area contributed by atoms with E-state index in [0.29, 0.717) is 16.9 Å². The minimum absolute atomic E-state index is 0.306. The van der Waals surface area contributed by atoms with Gasteiger partial charge in [0, 0.05) is 5.92 Å². The molecule has 0 radical (unpaired) electrons. The van der Waals surface area contributed by atoms with E-state index in [-0.39, 0.29) is 17.6 Å². The van der Waals surface area contributed by atoms with Gasteiger partial charge in [-0.2, -0.15) is 0 Å². The van der Waals surface area contributed by atoms with Gasteiger partial charge in [0.15, 0.2) is 0 Å². The third-order valence-electron chi connectivity index (χ3n) is 10.2. The van der Waals surface area contributed by atoms with E-state index in [2.05, 4.69) is 24.3 Å². The van der Waals surface area contributed by atoms with Gasteiger partial charge < -0.3 is 0 Å². The van der Waals surface area contributed by atoms with Crippen molar-refractivity contribution in [3.05, 3.63) is 167 Å². The molecule has 0 N–H and O–H groups in total. The quantitative estimate of drug-likeness (QED) is 0.212. The van der Waals surface area contributed by atoms with Crippen LogP contribution in [-0.4, -0.2) is 17.4 Å². The Hall–Kier alpha value is -5.07. The monoisotopic (exact) mass is 578 g/mol. The van der Waals surface area contributed by atoms with E-state index in [1.807, 2.05) is 85.8 Å². The summed E-state index contributed by atoms with van der Waals surface area (Å²) in [6.45, 7) is 1.95. The summed E-state index contributed by atoms with van der Waals surface area (Å²) >= 11 is 0. The molecule has 5 aromatic rings. The highest BCUT2D eigenvalue weighted by Crippen LogP contribution is 2.77. The highest BCUT2D eigenvalue weighted by Gasteiger charge is 2.87. The Labute approximate surface area is 254 Å². The van der Waals surface area contributed by atoms with Gasteiger partial charge in [-0.25, -0.2) is 14.4 Å². The number of rotatable bonds is 3. The molecule has 3 aliphatic carbocycles. The minimum atomic E-state index is -1.60. The van der Waals surface area contributed by atoms with Crippen molar-refractivity contribution in [3.8, 4) is 0 Å². The fourth-order valence-corrected chi connectivity index (χ4v) is 8.68. The van der Waals surface area contributed by atoms with Crippen LogP contribution in [0.15, 0.2) is 127 Å². The Morgan fingerprint density at radius 2 is 1.20 bits per heavy atom. The van der Waals surface area contributed by atoms with Crippen LogP contribution in [0.2, 0.25) is 0 Å². The first-order chi connectivity index (χ1) is 21.5. The molecule has 5 nitrogen and oxygen atoms in total. The molecule has 2 fully saturated rings. The summed E-state index contributed by atoms with van der Waals surface area (Å²) in [5, 5.41) is 1.76. The van der Waals surface area contributed by atoms with Crippen molar-refractivity contribution in [2.24, 2.45) is 5.41 Å². The van der Waals surface area contributed by atoms with Gasteiger partial charge in [0.05, 0.1) is 17.3 Å². The first-order valence-electron chi connectivity index (χ1n) is 14.9. The largest absolute Gasteiger partial charge is 0.273 e. The molecule has 0 saturated carbocycles. The van der Waals surface area contributed by atoms with E-state index >= 15 is 9.59 Å². The average Bonchev–Trinajstić information content (AvgIpc) is 3.49. The minimum Gasteiger partial charge on any atom is -0.273 e. The molecule has 2 amide bonds. The second kappa shape index (κ2) is 8.74. The van der Waals surface area contributed by atoms with Crippen LogP contribution in [-0.2, 0) is 14.4 Å². The molecule has 6 heteroatoms. The summed E-state index contributed by atoms with van der Waals surface area (Å²) in [6, 6.07) is 38.9. The molecule has 44 heavy (non-hydrogen) atoms. The number of carbonyl (C=O) groups is 2. The van der Waals surface area contributed by atoms with Crippen LogP contribution >= 0.6 is 0 Å². The second-order valence-electron chi connectivity index (χ2n) is 12.2. The molecule has 2 bridgehead atoms. The molecular formula is C38H27FN2O3. The van der Waals surface area contributed by atoms with Gasteiger partial charge in [-0.15, -0.1) is 0 Å². The van der Waals surface area contributed by atoms with Crippen molar-refractivity contribution in [1.82, 2.24) is 0 Å². The van der Waals surface area contributed by atoms with Gasteiger partial charge in [-0.1, -0.05) is 91.0 Å². The normalized spacial score (nSPS) is 27.6. The van der Waals surface area contributed by atoms with E-state index in [0.717, 1.165) is 27.8 Å². The lowest BCUT2D eigenvalue weighted by Gasteiger charge is -2.55. The van der Waals surface area contributed by atoms with Gasteiger partial charge in [-0.05, 0) is 76.7 Å². The fraction of sp³-hybridized carbons (Fsp3) is 0.158. The van der Waals surface area contributed by atoms with E-state index < -0.39 is 28.9 Å². The molecule has 2 aliphatic heterocycles. The highest BCUT2D eigenvalue weighted by molar-refractivity contribution is 6.29. The van der Waals surface area contributed by atoms with Gasteiger partial charge in [0.2, 0.25) is 11.5 Å². The number of carbonyl (C=O) groups excluding carboxylic acids is 2. The topological polar surface area (TPSA) is 49.9 Å². The molecule has 5 aliphatic rings.